The third-order valence-corrected chi connectivity index (χ3v) is 3.33. The van der Waals surface area contributed by atoms with Crippen molar-refractivity contribution in [3.63, 3.8) is 0 Å². The molecule has 20 heavy (non-hydrogen) atoms. The van der Waals surface area contributed by atoms with E-state index in [-0.39, 0.29) is 42.4 Å². The van der Waals surface area contributed by atoms with Crippen molar-refractivity contribution in [1.29, 1.82) is 0 Å². The van der Waals surface area contributed by atoms with Crippen LogP contribution in [0.3, 0.4) is 0 Å². The van der Waals surface area contributed by atoms with Gasteiger partial charge < -0.3 is 10.4 Å². The maximum absolute atomic E-state index is 13.9. The highest BCUT2D eigenvalue weighted by Gasteiger charge is 2.23. The Morgan fingerprint density at radius 1 is 1.35 bits per heavy atom. The van der Waals surface area contributed by atoms with Gasteiger partial charge in [0, 0.05) is 43.9 Å². The number of phenolic OH excluding ortho intramolecular Hbond substituents is 1. The largest absolute Gasteiger partial charge is 0.508 e. The molecule has 0 radical (unpaired) electrons. The first kappa shape index (κ1) is 19.2. The number of nitrogens with one attached hydrogen (secondary N) is 1. The Kier molecular flexibility index (Phi) is 8.81. The first-order valence-electron chi connectivity index (χ1n) is 6.26. The van der Waals surface area contributed by atoms with E-state index in [1.807, 2.05) is 6.08 Å². The molecule has 1 aromatic rings. The molecule has 0 spiro atoms. The monoisotopic (exact) mass is 322 g/mol. The predicted molar refractivity (Wildman–Crippen MR) is 84.6 cm³/mol. The van der Waals surface area contributed by atoms with Crippen molar-refractivity contribution in [2.45, 2.75) is 12.5 Å². The molecule has 0 aliphatic carbocycles. The number of benzene rings is 1. The fourth-order valence-electron chi connectivity index (χ4n) is 2.41. The zero-order chi connectivity index (χ0) is 13.0. The highest BCUT2D eigenvalue weighted by Crippen LogP contribution is 2.29. The topological polar surface area (TPSA) is 35.5 Å². The first-order chi connectivity index (χ1) is 8.72. The molecular formula is C14H21Cl2FN2O. The summed E-state index contributed by atoms with van der Waals surface area (Å²) >= 11 is 0. The van der Waals surface area contributed by atoms with Crippen LogP contribution in [0, 0.1) is 5.82 Å². The van der Waals surface area contributed by atoms with Gasteiger partial charge in [0.2, 0.25) is 0 Å². The van der Waals surface area contributed by atoms with E-state index >= 15 is 0 Å². The lowest BCUT2D eigenvalue weighted by Crippen LogP contribution is -2.45. The normalized spacial score (nSPS) is 16.6. The van der Waals surface area contributed by atoms with Crippen molar-refractivity contribution in [1.82, 2.24) is 10.2 Å². The Labute approximate surface area is 131 Å². The second-order valence-corrected chi connectivity index (χ2v) is 4.53. The maximum Gasteiger partial charge on any atom is 0.131 e. The lowest BCUT2D eigenvalue weighted by molar-refractivity contribution is 0.171. The quantitative estimate of drug-likeness (QED) is 0.837. The van der Waals surface area contributed by atoms with Crippen LogP contribution in [-0.2, 0) is 0 Å². The van der Waals surface area contributed by atoms with Gasteiger partial charge in [0.1, 0.15) is 11.6 Å². The molecule has 6 heteroatoms. The minimum absolute atomic E-state index is 0. The zero-order valence-electron chi connectivity index (χ0n) is 11.2. The van der Waals surface area contributed by atoms with E-state index in [0.717, 1.165) is 26.2 Å². The zero-order valence-corrected chi connectivity index (χ0v) is 12.9. The van der Waals surface area contributed by atoms with Gasteiger partial charge in [0.25, 0.3) is 0 Å². The van der Waals surface area contributed by atoms with Crippen LogP contribution in [-0.4, -0.2) is 36.2 Å². The Morgan fingerprint density at radius 2 is 2.00 bits per heavy atom. The molecule has 0 amide bonds. The van der Waals surface area contributed by atoms with Gasteiger partial charge in [-0.1, -0.05) is 12.1 Å². The van der Waals surface area contributed by atoms with E-state index in [1.54, 1.807) is 6.07 Å². The number of phenols is 1. The molecule has 0 aromatic heterocycles. The third-order valence-electron chi connectivity index (χ3n) is 3.33. The van der Waals surface area contributed by atoms with Crippen molar-refractivity contribution < 1.29 is 9.50 Å². The van der Waals surface area contributed by atoms with Gasteiger partial charge in [-0.05, 0) is 12.5 Å². The fraction of sp³-hybridized carbons (Fsp3) is 0.429. The van der Waals surface area contributed by atoms with Gasteiger partial charge in [0.15, 0.2) is 0 Å². The standard InChI is InChI=1S/C14H19FN2O.2ClH/c1-2-3-14(17-8-6-16-7-9-17)12-5-4-11(18)10-13(12)15;;/h2,4-5,10,14,16,18H,1,3,6-9H2;2*1H/t14-;;/m0../s1. The smallest absolute Gasteiger partial charge is 0.131 e. The van der Waals surface area contributed by atoms with Crippen LogP contribution >= 0.6 is 24.8 Å². The van der Waals surface area contributed by atoms with Crippen LogP contribution in [0.4, 0.5) is 4.39 Å². The average molecular weight is 323 g/mol. The summed E-state index contributed by atoms with van der Waals surface area (Å²) in [6.45, 7) is 7.41. The van der Waals surface area contributed by atoms with E-state index in [4.69, 9.17) is 0 Å². The molecule has 1 aliphatic rings. The Bertz CT molecular complexity index is 426. The highest BCUT2D eigenvalue weighted by atomic mass is 35.5. The molecule has 3 nitrogen and oxygen atoms in total. The van der Waals surface area contributed by atoms with Crippen LogP contribution in [0.1, 0.15) is 18.0 Å². The van der Waals surface area contributed by atoms with E-state index in [1.165, 1.54) is 12.1 Å². The summed E-state index contributed by atoms with van der Waals surface area (Å²) in [5.41, 5.74) is 0.634. The van der Waals surface area contributed by atoms with Crippen molar-refractivity contribution in [2.75, 3.05) is 26.2 Å². The second kappa shape index (κ2) is 9.19. The minimum Gasteiger partial charge on any atom is -0.508 e. The number of piperazine rings is 1. The average Bonchev–Trinajstić information content (AvgIpc) is 2.38. The summed E-state index contributed by atoms with van der Waals surface area (Å²) in [5.74, 6) is -0.380. The van der Waals surface area contributed by atoms with Gasteiger partial charge in [-0.25, -0.2) is 4.39 Å². The Hall–Kier alpha value is -0.810. The predicted octanol–water partition coefficient (Wildman–Crippen LogP) is 2.90. The molecule has 1 atom stereocenters. The maximum atomic E-state index is 13.9. The molecule has 0 unspecified atom stereocenters. The van der Waals surface area contributed by atoms with Gasteiger partial charge in [0.05, 0.1) is 0 Å². The molecule has 2 rings (SSSR count). The second-order valence-electron chi connectivity index (χ2n) is 4.53. The summed E-state index contributed by atoms with van der Waals surface area (Å²) in [7, 11) is 0. The van der Waals surface area contributed by atoms with Crippen LogP contribution < -0.4 is 5.32 Å². The molecule has 2 N–H and O–H groups in total. The fourth-order valence-corrected chi connectivity index (χ4v) is 2.41. The van der Waals surface area contributed by atoms with Crippen LogP contribution in [0.5, 0.6) is 5.75 Å². The van der Waals surface area contributed by atoms with Crippen molar-refractivity contribution >= 4 is 24.8 Å². The van der Waals surface area contributed by atoms with Gasteiger partial charge in [-0.15, -0.1) is 31.4 Å². The number of hydrogen-bond acceptors (Lipinski definition) is 3. The van der Waals surface area contributed by atoms with Crippen LogP contribution in [0.15, 0.2) is 30.9 Å². The number of rotatable bonds is 4. The van der Waals surface area contributed by atoms with Crippen molar-refractivity contribution in [3.05, 3.63) is 42.2 Å². The molecule has 1 saturated heterocycles. The number of aromatic hydroxyl groups is 1. The third kappa shape index (κ3) is 4.63. The summed E-state index contributed by atoms with van der Waals surface area (Å²) in [4.78, 5) is 2.26. The lowest BCUT2D eigenvalue weighted by Gasteiger charge is -2.35. The molecule has 1 heterocycles. The highest BCUT2D eigenvalue weighted by molar-refractivity contribution is 5.85. The Balaban J connectivity index is 0.00000180. The number of hydrogen-bond donors (Lipinski definition) is 2. The summed E-state index contributed by atoms with van der Waals surface area (Å²) in [5, 5.41) is 12.6. The summed E-state index contributed by atoms with van der Waals surface area (Å²) in [6.07, 6.45) is 2.53. The summed E-state index contributed by atoms with van der Waals surface area (Å²) < 4.78 is 13.9. The van der Waals surface area contributed by atoms with Crippen LogP contribution in [0.2, 0.25) is 0 Å². The number of nitrogens with zero attached hydrogens (tertiary/aromatic N) is 1. The van der Waals surface area contributed by atoms with Gasteiger partial charge >= 0.3 is 0 Å². The van der Waals surface area contributed by atoms with Crippen LogP contribution in [0.25, 0.3) is 0 Å². The molecule has 0 saturated carbocycles. The lowest BCUT2D eigenvalue weighted by atomic mass is 10.0. The molecule has 114 valence electrons. The van der Waals surface area contributed by atoms with Crippen molar-refractivity contribution in [2.24, 2.45) is 0 Å². The van der Waals surface area contributed by atoms with Crippen molar-refractivity contribution in [3.8, 4) is 5.75 Å². The molecular weight excluding hydrogens is 302 g/mol. The minimum atomic E-state index is -0.347. The molecule has 1 aromatic carbocycles. The van der Waals surface area contributed by atoms with E-state index in [2.05, 4.69) is 16.8 Å². The van der Waals surface area contributed by atoms with Gasteiger partial charge in [-0.3, -0.25) is 4.90 Å². The molecule has 1 fully saturated rings. The summed E-state index contributed by atoms with van der Waals surface area (Å²) in [6, 6.07) is 4.38. The Morgan fingerprint density at radius 3 is 2.55 bits per heavy atom. The van der Waals surface area contributed by atoms with E-state index in [0.29, 0.717) is 12.0 Å². The molecule has 0 bridgehead atoms. The number of halogens is 3. The first-order valence-corrected chi connectivity index (χ1v) is 6.26. The van der Waals surface area contributed by atoms with E-state index < -0.39 is 0 Å². The SMILES string of the molecule is C=CC[C@@H](c1ccc(O)cc1F)N1CCNCC1.Cl.Cl. The molecule has 1 aliphatic heterocycles. The van der Waals surface area contributed by atoms with E-state index in [9.17, 15) is 9.50 Å². The van der Waals surface area contributed by atoms with Gasteiger partial charge in [-0.2, -0.15) is 0 Å².